The number of unbranched alkanes of at least 4 members (excludes halogenated alkanes) is 7. The molecule has 0 aliphatic heterocycles. The highest BCUT2D eigenvalue weighted by Crippen LogP contribution is 2.08. The molecule has 0 bridgehead atoms. The maximum absolute atomic E-state index is 9.70. The molecule has 0 amide bonds. The number of allylic oxidation sites excluding steroid dienone is 1. The summed E-state index contributed by atoms with van der Waals surface area (Å²) in [5.74, 6) is 0. The first kappa shape index (κ1) is 16.7. The SMILES string of the molecule is CCCCCCC/C=C\CC(O)CCCCC. The maximum Gasteiger partial charge on any atom is 0.0574 e. The van der Waals surface area contributed by atoms with Crippen molar-refractivity contribution in [3.63, 3.8) is 0 Å². The molecule has 0 rings (SSSR count). The fourth-order valence-electron chi connectivity index (χ4n) is 1.98. The van der Waals surface area contributed by atoms with E-state index in [0.717, 1.165) is 12.8 Å². The van der Waals surface area contributed by atoms with Crippen molar-refractivity contribution in [1.29, 1.82) is 0 Å². The molecule has 0 fully saturated rings. The van der Waals surface area contributed by atoms with Crippen LogP contribution in [0, 0.1) is 0 Å². The molecular weight excluding hydrogens is 208 g/mol. The van der Waals surface area contributed by atoms with Crippen LogP contribution in [0.2, 0.25) is 0 Å². The number of hydrogen-bond acceptors (Lipinski definition) is 1. The first-order valence-electron chi connectivity index (χ1n) is 7.64. The van der Waals surface area contributed by atoms with Crippen molar-refractivity contribution in [2.24, 2.45) is 0 Å². The van der Waals surface area contributed by atoms with E-state index in [4.69, 9.17) is 0 Å². The molecule has 1 nitrogen and oxygen atoms in total. The topological polar surface area (TPSA) is 20.2 Å². The summed E-state index contributed by atoms with van der Waals surface area (Å²) in [6.07, 6.45) is 17.7. The molecule has 0 saturated heterocycles. The zero-order valence-corrected chi connectivity index (χ0v) is 12.0. The Bertz CT molecular complexity index is 163. The van der Waals surface area contributed by atoms with Crippen LogP contribution >= 0.6 is 0 Å². The van der Waals surface area contributed by atoms with E-state index in [1.165, 1.54) is 57.8 Å². The Morgan fingerprint density at radius 3 is 2.18 bits per heavy atom. The molecule has 1 unspecified atom stereocenters. The molecule has 0 heterocycles. The number of aliphatic hydroxyl groups is 1. The lowest BCUT2D eigenvalue weighted by Crippen LogP contribution is -2.04. The minimum atomic E-state index is -0.113. The van der Waals surface area contributed by atoms with E-state index in [1.54, 1.807) is 0 Å². The van der Waals surface area contributed by atoms with Crippen molar-refractivity contribution in [3.05, 3.63) is 12.2 Å². The summed E-state index contributed by atoms with van der Waals surface area (Å²) in [5, 5.41) is 9.70. The van der Waals surface area contributed by atoms with Gasteiger partial charge in [-0.15, -0.1) is 0 Å². The summed E-state index contributed by atoms with van der Waals surface area (Å²) in [7, 11) is 0. The van der Waals surface area contributed by atoms with E-state index < -0.39 is 0 Å². The number of rotatable bonds is 12. The maximum atomic E-state index is 9.70. The van der Waals surface area contributed by atoms with Crippen molar-refractivity contribution in [2.75, 3.05) is 0 Å². The standard InChI is InChI=1S/C16H32O/c1-3-5-7-8-9-10-11-13-15-16(17)14-12-6-4-2/h11,13,16-17H,3-10,12,14-15H2,1-2H3/b13-11-. The van der Waals surface area contributed by atoms with E-state index >= 15 is 0 Å². The quantitative estimate of drug-likeness (QED) is 0.365. The first-order chi connectivity index (χ1) is 8.31. The lowest BCUT2D eigenvalue weighted by molar-refractivity contribution is 0.164. The van der Waals surface area contributed by atoms with Gasteiger partial charge >= 0.3 is 0 Å². The molecule has 0 radical (unpaired) electrons. The summed E-state index contributed by atoms with van der Waals surface area (Å²) in [6.45, 7) is 4.45. The monoisotopic (exact) mass is 240 g/mol. The lowest BCUT2D eigenvalue weighted by Gasteiger charge is -2.06. The van der Waals surface area contributed by atoms with Gasteiger partial charge in [-0.25, -0.2) is 0 Å². The molecule has 0 aliphatic carbocycles. The molecule has 0 aromatic rings. The van der Waals surface area contributed by atoms with Gasteiger partial charge in [0, 0.05) is 0 Å². The third-order valence-corrected chi connectivity index (χ3v) is 3.19. The van der Waals surface area contributed by atoms with Gasteiger partial charge in [0.05, 0.1) is 6.10 Å². The molecule has 1 N–H and O–H groups in total. The molecule has 0 spiro atoms. The molecule has 1 heteroatoms. The third kappa shape index (κ3) is 13.6. The molecule has 0 saturated carbocycles. The van der Waals surface area contributed by atoms with Crippen molar-refractivity contribution < 1.29 is 5.11 Å². The summed E-state index contributed by atoms with van der Waals surface area (Å²) in [5.41, 5.74) is 0. The normalized spacial score (nSPS) is 13.4. The van der Waals surface area contributed by atoms with Crippen LogP contribution in [0.1, 0.15) is 84.5 Å². The Kier molecular flexibility index (Phi) is 13.5. The Hall–Kier alpha value is -0.300. The Labute approximate surface area is 108 Å². The van der Waals surface area contributed by atoms with Crippen LogP contribution in [-0.4, -0.2) is 11.2 Å². The molecule has 1 atom stereocenters. The summed E-state index contributed by atoms with van der Waals surface area (Å²) in [4.78, 5) is 0. The Morgan fingerprint density at radius 1 is 0.824 bits per heavy atom. The van der Waals surface area contributed by atoms with Gasteiger partial charge in [0.25, 0.3) is 0 Å². The van der Waals surface area contributed by atoms with E-state index in [0.29, 0.717) is 0 Å². The zero-order valence-electron chi connectivity index (χ0n) is 12.0. The van der Waals surface area contributed by atoms with Crippen molar-refractivity contribution in [1.82, 2.24) is 0 Å². The zero-order chi connectivity index (χ0) is 12.8. The lowest BCUT2D eigenvalue weighted by atomic mass is 10.1. The van der Waals surface area contributed by atoms with Gasteiger partial charge < -0.3 is 5.11 Å². The van der Waals surface area contributed by atoms with Crippen LogP contribution in [-0.2, 0) is 0 Å². The summed E-state index contributed by atoms with van der Waals surface area (Å²) in [6, 6.07) is 0. The van der Waals surface area contributed by atoms with E-state index in [2.05, 4.69) is 26.0 Å². The third-order valence-electron chi connectivity index (χ3n) is 3.19. The predicted molar refractivity (Wildman–Crippen MR) is 77.3 cm³/mol. The van der Waals surface area contributed by atoms with Crippen LogP contribution in [0.25, 0.3) is 0 Å². The van der Waals surface area contributed by atoms with Crippen molar-refractivity contribution in [3.8, 4) is 0 Å². The summed E-state index contributed by atoms with van der Waals surface area (Å²) >= 11 is 0. The van der Waals surface area contributed by atoms with E-state index in [1.807, 2.05) is 0 Å². The predicted octanol–water partition coefficient (Wildman–Crippen LogP) is 5.23. The van der Waals surface area contributed by atoms with E-state index in [9.17, 15) is 5.11 Å². The van der Waals surface area contributed by atoms with Crippen molar-refractivity contribution in [2.45, 2.75) is 90.6 Å². The van der Waals surface area contributed by atoms with Crippen LogP contribution < -0.4 is 0 Å². The Balaban J connectivity index is 3.22. The van der Waals surface area contributed by atoms with E-state index in [-0.39, 0.29) is 6.10 Å². The highest BCUT2D eigenvalue weighted by atomic mass is 16.3. The minimum absolute atomic E-state index is 0.113. The molecule has 0 aliphatic rings. The van der Waals surface area contributed by atoms with Crippen LogP contribution in [0.4, 0.5) is 0 Å². The summed E-state index contributed by atoms with van der Waals surface area (Å²) < 4.78 is 0. The molecule has 0 aromatic carbocycles. The Morgan fingerprint density at radius 2 is 1.47 bits per heavy atom. The molecule has 0 aromatic heterocycles. The van der Waals surface area contributed by atoms with Crippen molar-refractivity contribution >= 4 is 0 Å². The average Bonchev–Trinajstić information content (AvgIpc) is 2.33. The number of hydrogen-bond donors (Lipinski definition) is 1. The van der Waals surface area contributed by atoms with Crippen LogP contribution in [0.15, 0.2) is 12.2 Å². The van der Waals surface area contributed by atoms with Gasteiger partial charge in [-0.05, 0) is 25.7 Å². The highest BCUT2D eigenvalue weighted by Gasteiger charge is 1.99. The smallest absolute Gasteiger partial charge is 0.0574 e. The first-order valence-corrected chi connectivity index (χ1v) is 7.64. The fourth-order valence-corrected chi connectivity index (χ4v) is 1.98. The fraction of sp³-hybridized carbons (Fsp3) is 0.875. The van der Waals surface area contributed by atoms with Crippen LogP contribution in [0.5, 0.6) is 0 Å². The van der Waals surface area contributed by atoms with Gasteiger partial charge in [-0.2, -0.15) is 0 Å². The second-order valence-electron chi connectivity index (χ2n) is 5.06. The number of aliphatic hydroxyl groups excluding tert-OH is 1. The second-order valence-corrected chi connectivity index (χ2v) is 5.06. The van der Waals surface area contributed by atoms with Gasteiger partial charge in [0.2, 0.25) is 0 Å². The van der Waals surface area contributed by atoms with Gasteiger partial charge in [0.1, 0.15) is 0 Å². The average molecular weight is 240 g/mol. The molecular formula is C16H32O. The van der Waals surface area contributed by atoms with Gasteiger partial charge in [-0.1, -0.05) is 70.9 Å². The van der Waals surface area contributed by atoms with Crippen LogP contribution in [0.3, 0.4) is 0 Å². The molecule has 17 heavy (non-hydrogen) atoms. The van der Waals surface area contributed by atoms with Gasteiger partial charge in [-0.3, -0.25) is 0 Å². The molecule has 102 valence electrons. The minimum Gasteiger partial charge on any atom is -0.393 e. The van der Waals surface area contributed by atoms with Gasteiger partial charge in [0.15, 0.2) is 0 Å². The second kappa shape index (κ2) is 13.8. The largest absolute Gasteiger partial charge is 0.393 e. The highest BCUT2D eigenvalue weighted by molar-refractivity contribution is 4.83.